The molecule has 0 aromatic carbocycles. The van der Waals surface area contributed by atoms with E-state index >= 15 is 0 Å². The highest BCUT2D eigenvalue weighted by atomic mass is 16.5. The van der Waals surface area contributed by atoms with Crippen LogP contribution in [0.4, 0.5) is 0 Å². The van der Waals surface area contributed by atoms with Gasteiger partial charge >= 0.3 is 0 Å². The molecule has 6 heteroatoms. The number of hydrogen-bond acceptors (Lipinski definition) is 5. The van der Waals surface area contributed by atoms with Gasteiger partial charge in [0.1, 0.15) is 0 Å². The molecule has 1 N–H and O–H groups in total. The van der Waals surface area contributed by atoms with Crippen LogP contribution in [0, 0.1) is 5.92 Å². The van der Waals surface area contributed by atoms with E-state index < -0.39 is 0 Å². The second-order valence-electron chi connectivity index (χ2n) is 6.74. The Morgan fingerprint density at radius 3 is 2.71 bits per heavy atom. The van der Waals surface area contributed by atoms with E-state index in [0.717, 1.165) is 58.8 Å². The number of carbonyl (C=O) groups is 1. The minimum Gasteiger partial charge on any atom is -0.381 e. The zero-order valence-corrected chi connectivity index (χ0v) is 14.5. The Morgan fingerprint density at radius 1 is 1.25 bits per heavy atom. The van der Waals surface area contributed by atoms with E-state index in [9.17, 15) is 4.79 Å². The molecule has 0 unspecified atom stereocenters. The monoisotopic (exact) mass is 332 g/mol. The van der Waals surface area contributed by atoms with Crippen molar-refractivity contribution in [3.8, 4) is 0 Å². The van der Waals surface area contributed by atoms with Crippen molar-refractivity contribution >= 4 is 5.91 Å². The topological polar surface area (TPSA) is 57.7 Å². The van der Waals surface area contributed by atoms with Gasteiger partial charge < -0.3 is 10.1 Å². The molecule has 6 nitrogen and oxygen atoms in total. The van der Waals surface area contributed by atoms with Crippen molar-refractivity contribution in [2.45, 2.75) is 25.4 Å². The van der Waals surface area contributed by atoms with E-state index in [-0.39, 0.29) is 11.8 Å². The third-order valence-corrected chi connectivity index (χ3v) is 5.12. The molecule has 132 valence electrons. The van der Waals surface area contributed by atoms with Gasteiger partial charge in [0.25, 0.3) is 0 Å². The number of aromatic nitrogens is 1. The first-order valence-corrected chi connectivity index (χ1v) is 8.91. The van der Waals surface area contributed by atoms with Gasteiger partial charge in [-0.15, -0.1) is 0 Å². The third kappa shape index (κ3) is 4.53. The molecule has 0 bridgehead atoms. The van der Waals surface area contributed by atoms with E-state index in [1.807, 2.05) is 12.4 Å². The summed E-state index contributed by atoms with van der Waals surface area (Å²) in [5.41, 5.74) is 1.25. The number of nitrogens with zero attached hydrogens (tertiary/aromatic N) is 3. The van der Waals surface area contributed by atoms with Crippen LogP contribution in [0.1, 0.15) is 18.4 Å². The van der Waals surface area contributed by atoms with Crippen LogP contribution in [0.3, 0.4) is 0 Å². The number of carbonyl (C=O) groups excluding carboxylic acids is 1. The largest absolute Gasteiger partial charge is 0.381 e. The van der Waals surface area contributed by atoms with E-state index in [1.165, 1.54) is 5.56 Å². The molecule has 1 aromatic rings. The quantitative estimate of drug-likeness (QED) is 0.881. The van der Waals surface area contributed by atoms with Crippen LogP contribution in [0.15, 0.2) is 24.5 Å². The highest BCUT2D eigenvalue weighted by Gasteiger charge is 2.31. The maximum atomic E-state index is 12.3. The molecule has 1 amide bonds. The van der Waals surface area contributed by atoms with Gasteiger partial charge in [-0.1, -0.05) is 0 Å². The van der Waals surface area contributed by atoms with Crippen molar-refractivity contribution in [3.05, 3.63) is 30.1 Å². The van der Waals surface area contributed by atoms with Gasteiger partial charge in [0.05, 0.1) is 5.92 Å². The van der Waals surface area contributed by atoms with Crippen LogP contribution in [0.2, 0.25) is 0 Å². The highest BCUT2D eigenvalue weighted by molar-refractivity contribution is 5.78. The van der Waals surface area contributed by atoms with Crippen LogP contribution >= 0.6 is 0 Å². The summed E-state index contributed by atoms with van der Waals surface area (Å²) in [4.78, 5) is 21.3. The van der Waals surface area contributed by atoms with Gasteiger partial charge in [-0.3, -0.25) is 19.6 Å². The summed E-state index contributed by atoms with van der Waals surface area (Å²) >= 11 is 0. The number of ether oxygens (including phenoxy) is 1. The molecule has 2 saturated heterocycles. The summed E-state index contributed by atoms with van der Waals surface area (Å²) in [5, 5.41) is 2.84. The van der Waals surface area contributed by atoms with Gasteiger partial charge in [0.15, 0.2) is 0 Å². The fraction of sp³-hybridized carbons (Fsp3) is 0.667. The number of pyridine rings is 1. The first kappa shape index (κ1) is 17.3. The molecular weight excluding hydrogens is 304 g/mol. The predicted molar refractivity (Wildman–Crippen MR) is 92.5 cm³/mol. The molecule has 0 saturated carbocycles. The van der Waals surface area contributed by atoms with E-state index in [1.54, 1.807) is 7.05 Å². The van der Waals surface area contributed by atoms with Crippen molar-refractivity contribution in [2.24, 2.45) is 5.92 Å². The Kier molecular flexibility index (Phi) is 6.18. The molecule has 0 radical (unpaired) electrons. The maximum absolute atomic E-state index is 12.3. The first-order valence-electron chi connectivity index (χ1n) is 8.91. The second-order valence-corrected chi connectivity index (χ2v) is 6.74. The molecule has 2 aliphatic heterocycles. The molecule has 0 spiro atoms. The lowest BCUT2D eigenvalue weighted by Gasteiger charge is -2.34. The lowest BCUT2D eigenvalue weighted by Crippen LogP contribution is -2.45. The van der Waals surface area contributed by atoms with Crippen molar-refractivity contribution in [3.63, 3.8) is 0 Å². The van der Waals surface area contributed by atoms with Crippen molar-refractivity contribution in [1.29, 1.82) is 0 Å². The molecule has 3 heterocycles. The van der Waals surface area contributed by atoms with E-state index in [4.69, 9.17) is 4.74 Å². The summed E-state index contributed by atoms with van der Waals surface area (Å²) < 4.78 is 5.50. The van der Waals surface area contributed by atoms with Crippen LogP contribution < -0.4 is 5.32 Å². The van der Waals surface area contributed by atoms with Gasteiger partial charge in [-0.25, -0.2) is 0 Å². The summed E-state index contributed by atoms with van der Waals surface area (Å²) in [5.74, 6) is 0.163. The van der Waals surface area contributed by atoms with Gasteiger partial charge in [0, 0.05) is 71.4 Å². The Hall–Kier alpha value is -1.50. The van der Waals surface area contributed by atoms with E-state index in [0.29, 0.717) is 6.04 Å². The predicted octanol–water partition coefficient (Wildman–Crippen LogP) is 0.740. The molecule has 1 aromatic heterocycles. The summed E-state index contributed by atoms with van der Waals surface area (Å²) in [6.07, 6.45) is 5.81. The third-order valence-electron chi connectivity index (χ3n) is 5.12. The molecule has 24 heavy (non-hydrogen) atoms. The van der Waals surface area contributed by atoms with Crippen LogP contribution in [-0.2, 0) is 16.1 Å². The fourth-order valence-electron chi connectivity index (χ4n) is 3.75. The number of hydrogen-bond donors (Lipinski definition) is 1. The SMILES string of the molecule is CNC(=O)[C@H]1CN(Cc2ccncc2)CCN(C2CCOCC2)C1. The van der Waals surface area contributed by atoms with Crippen LogP contribution in [0.25, 0.3) is 0 Å². The minimum atomic E-state index is 0.0159. The fourth-order valence-corrected chi connectivity index (χ4v) is 3.75. The normalized spacial score (nSPS) is 24.5. The molecule has 3 rings (SSSR count). The molecule has 1 atom stereocenters. The number of nitrogens with one attached hydrogen (secondary N) is 1. The summed E-state index contributed by atoms with van der Waals surface area (Å²) in [6, 6.07) is 4.65. The molecule has 2 aliphatic rings. The lowest BCUT2D eigenvalue weighted by molar-refractivity contribution is -0.125. The Labute approximate surface area is 144 Å². The zero-order valence-electron chi connectivity index (χ0n) is 14.5. The van der Waals surface area contributed by atoms with Crippen molar-refractivity contribution < 1.29 is 9.53 Å². The van der Waals surface area contributed by atoms with Crippen LogP contribution in [0.5, 0.6) is 0 Å². The summed E-state index contributed by atoms with van der Waals surface area (Å²) in [7, 11) is 1.74. The smallest absolute Gasteiger partial charge is 0.225 e. The molecular formula is C18H28N4O2. The first-order chi connectivity index (χ1) is 11.8. The van der Waals surface area contributed by atoms with Crippen LogP contribution in [-0.4, -0.2) is 73.2 Å². The maximum Gasteiger partial charge on any atom is 0.225 e. The molecule has 2 fully saturated rings. The Morgan fingerprint density at radius 2 is 2.00 bits per heavy atom. The highest BCUT2D eigenvalue weighted by Crippen LogP contribution is 2.20. The Balaban J connectivity index is 1.68. The van der Waals surface area contributed by atoms with E-state index in [2.05, 4.69) is 32.2 Å². The summed E-state index contributed by atoms with van der Waals surface area (Å²) in [6.45, 7) is 6.21. The van der Waals surface area contributed by atoms with Gasteiger partial charge in [-0.05, 0) is 30.5 Å². The minimum absolute atomic E-state index is 0.0159. The van der Waals surface area contributed by atoms with Crippen molar-refractivity contribution in [1.82, 2.24) is 20.1 Å². The zero-order chi connectivity index (χ0) is 16.8. The average molecular weight is 332 g/mol. The second kappa shape index (κ2) is 8.55. The molecule has 0 aliphatic carbocycles. The number of rotatable bonds is 4. The number of amides is 1. The Bertz CT molecular complexity index is 519. The average Bonchev–Trinajstić information content (AvgIpc) is 2.85. The standard InChI is InChI=1S/C18H28N4O2/c1-19-18(23)16-13-21(12-15-2-6-20-7-3-15)8-9-22(14-16)17-4-10-24-11-5-17/h2-3,6-7,16-17H,4-5,8-14H2,1H3,(H,19,23)/t16-/m0/s1. The lowest BCUT2D eigenvalue weighted by atomic mass is 10.0. The van der Waals surface area contributed by atoms with Crippen molar-refractivity contribution in [2.75, 3.05) is 46.4 Å². The van der Waals surface area contributed by atoms with Gasteiger partial charge in [-0.2, -0.15) is 0 Å². The van der Waals surface area contributed by atoms with Gasteiger partial charge in [0.2, 0.25) is 5.91 Å².